The molecule has 0 aromatic carbocycles. The fourth-order valence-corrected chi connectivity index (χ4v) is 3.72. The molecule has 2 aromatic heterocycles. The van der Waals surface area contributed by atoms with Crippen LogP contribution in [0.1, 0.15) is 34.6 Å². The van der Waals surface area contributed by atoms with Gasteiger partial charge in [0.2, 0.25) is 0 Å². The summed E-state index contributed by atoms with van der Waals surface area (Å²) in [5.41, 5.74) is -0.0858. The van der Waals surface area contributed by atoms with Gasteiger partial charge < -0.3 is 10.2 Å². The van der Waals surface area contributed by atoms with Gasteiger partial charge in [0, 0.05) is 41.4 Å². The van der Waals surface area contributed by atoms with Crippen molar-refractivity contribution in [3.8, 4) is 0 Å². The first-order chi connectivity index (χ1) is 14.0. The smallest absolute Gasteiger partial charge is 0.368 e. The largest absolute Gasteiger partial charge is 0.417 e. The Morgan fingerprint density at radius 3 is 2.67 bits per heavy atom. The normalized spacial score (nSPS) is 18.9. The zero-order valence-electron chi connectivity index (χ0n) is 15.8. The number of hydrogen-bond donors (Lipinski definition) is 1. The molecule has 0 spiro atoms. The van der Waals surface area contributed by atoms with Crippen molar-refractivity contribution in [3.05, 3.63) is 51.0 Å². The Morgan fingerprint density at radius 1 is 1.30 bits per heavy atom. The van der Waals surface area contributed by atoms with Gasteiger partial charge in [-0.25, -0.2) is 18.7 Å². The molecule has 1 fully saturated rings. The van der Waals surface area contributed by atoms with Crippen molar-refractivity contribution in [2.24, 2.45) is 0 Å². The number of carbonyl (C=O) groups excluding carboxylic acids is 1. The van der Waals surface area contributed by atoms with E-state index >= 15 is 0 Å². The van der Waals surface area contributed by atoms with Crippen LogP contribution >= 0.6 is 22.6 Å². The van der Waals surface area contributed by atoms with Crippen LogP contribution in [0.2, 0.25) is 0 Å². The van der Waals surface area contributed by atoms with Crippen LogP contribution in [-0.2, 0) is 6.18 Å². The van der Waals surface area contributed by atoms with Crippen LogP contribution in [0.15, 0.2) is 30.5 Å². The quantitative estimate of drug-likeness (QED) is 0.449. The molecule has 30 heavy (non-hydrogen) atoms. The summed E-state index contributed by atoms with van der Waals surface area (Å²) in [6, 6.07) is 4.59. The summed E-state index contributed by atoms with van der Waals surface area (Å²) in [4.78, 5) is 22.3. The van der Waals surface area contributed by atoms with Crippen LogP contribution in [0.3, 0.4) is 0 Å². The summed E-state index contributed by atoms with van der Waals surface area (Å²) in [5, 5.41) is 2.77. The van der Waals surface area contributed by atoms with E-state index in [1.165, 1.54) is 4.90 Å². The fourth-order valence-electron chi connectivity index (χ4n) is 3.19. The van der Waals surface area contributed by atoms with E-state index in [9.17, 15) is 26.7 Å². The Labute approximate surface area is 183 Å². The lowest BCUT2D eigenvalue weighted by Crippen LogP contribution is -2.52. The molecule has 11 heteroatoms. The third-order valence-corrected chi connectivity index (χ3v) is 5.62. The summed E-state index contributed by atoms with van der Waals surface area (Å²) in [6.45, 7) is 1.50. The van der Waals surface area contributed by atoms with E-state index in [1.54, 1.807) is 19.1 Å². The van der Waals surface area contributed by atoms with E-state index in [0.717, 1.165) is 12.1 Å². The highest BCUT2D eigenvalue weighted by Crippen LogP contribution is 2.33. The molecule has 2 aromatic rings. The molecular formula is C19H18F5IN4O. The maximum absolute atomic E-state index is 14.0. The number of carbonyl (C=O) groups is 1. The van der Waals surface area contributed by atoms with Gasteiger partial charge in [0.05, 0.1) is 11.6 Å². The maximum Gasteiger partial charge on any atom is 0.417 e. The van der Waals surface area contributed by atoms with Crippen LogP contribution < -0.4 is 5.32 Å². The number of piperidine rings is 1. The lowest BCUT2D eigenvalue weighted by atomic mass is 9.97. The topological polar surface area (TPSA) is 58.1 Å². The number of alkyl halides is 5. The molecule has 1 N–H and O–H groups in total. The standard InChI is InChI=1S/C19H18F5IN4O/c1-11-2-4-14(25)16(28-11)17(30)29-7-6-18(20,21)8-13(29)10-27-15-5-3-12(9-26-15)19(22,23)24/h2-5,9,13H,6-8,10H2,1H3,(H,26,27)/t13-/m0/s1. The minimum Gasteiger partial charge on any atom is -0.368 e. The summed E-state index contributed by atoms with van der Waals surface area (Å²) < 4.78 is 66.6. The van der Waals surface area contributed by atoms with E-state index in [1.807, 2.05) is 22.6 Å². The molecular weight excluding hydrogens is 522 g/mol. The number of hydrogen-bond acceptors (Lipinski definition) is 4. The van der Waals surface area contributed by atoms with Gasteiger partial charge in [0.25, 0.3) is 11.8 Å². The first-order valence-electron chi connectivity index (χ1n) is 9.05. The van der Waals surface area contributed by atoms with Crippen LogP contribution in [0.5, 0.6) is 0 Å². The molecule has 3 rings (SSSR count). The van der Waals surface area contributed by atoms with Crippen molar-refractivity contribution < 1.29 is 26.7 Å². The molecule has 0 saturated carbocycles. The minimum atomic E-state index is -4.52. The molecule has 3 heterocycles. The number of nitrogens with one attached hydrogen (secondary N) is 1. The van der Waals surface area contributed by atoms with E-state index in [0.29, 0.717) is 15.5 Å². The monoisotopic (exact) mass is 540 g/mol. The highest BCUT2D eigenvalue weighted by atomic mass is 127. The van der Waals surface area contributed by atoms with Gasteiger partial charge in [-0.2, -0.15) is 13.2 Å². The molecule has 0 aliphatic carbocycles. The minimum absolute atomic E-state index is 0.0813. The van der Waals surface area contributed by atoms with E-state index in [-0.39, 0.29) is 24.6 Å². The van der Waals surface area contributed by atoms with E-state index in [4.69, 9.17) is 0 Å². The van der Waals surface area contributed by atoms with Crippen LogP contribution in [0, 0.1) is 10.5 Å². The number of amides is 1. The third kappa shape index (κ3) is 5.35. The Bertz CT molecular complexity index is 920. The van der Waals surface area contributed by atoms with Gasteiger partial charge in [-0.05, 0) is 53.8 Å². The molecule has 1 saturated heterocycles. The van der Waals surface area contributed by atoms with Crippen molar-refractivity contribution in [1.82, 2.24) is 14.9 Å². The zero-order valence-corrected chi connectivity index (χ0v) is 18.0. The lowest BCUT2D eigenvalue weighted by Gasteiger charge is -2.39. The first kappa shape index (κ1) is 22.6. The third-order valence-electron chi connectivity index (χ3n) is 4.75. The van der Waals surface area contributed by atoms with Crippen LogP contribution in [0.25, 0.3) is 0 Å². The second-order valence-electron chi connectivity index (χ2n) is 7.06. The predicted molar refractivity (Wildman–Crippen MR) is 108 cm³/mol. The van der Waals surface area contributed by atoms with Gasteiger partial charge in [-0.1, -0.05) is 0 Å². The molecule has 1 aliphatic heterocycles. The van der Waals surface area contributed by atoms with Crippen molar-refractivity contribution in [3.63, 3.8) is 0 Å². The summed E-state index contributed by atoms with van der Waals surface area (Å²) in [5.74, 6) is -3.29. The number of aromatic nitrogens is 2. The average molecular weight is 540 g/mol. The number of pyridine rings is 2. The highest BCUT2D eigenvalue weighted by Gasteiger charge is 2.42. The molecule has 0 unspecified atom stereocenters. The zero-order chi connectivity index (χ0) is 22.1. The SMILES string of the molecule is Cc1ccc(I)c(C(=O)N2CCC(F)(F)C[C@H]2CNc2ccc(C(F)(F)F)cn2)n1. The fraction of sp³-hybridized carbons (Fsp3) is 0.421. The van der Waals surface area contributed by atoms with Crippen molar-refractivity contribution in [2.45, 2.75) is 37.9 Å². The second kappa shape index (κ2) is 8.60. The molecule has 1 atom stereocenters. The molecule has 0 bridgehead atoms. The van der Waals surface area contributed by atoms with E-state index in [2.05, 4.69) is 15.3 Å². The Kier molecular flexibility index (Phi) is 6.48. The second-order valence-corrected chi connectivity index (χ2v) is 8.22. The van der Waals surface area contributed by atoms with Gasteiger partial charge in [-0.3, -0.25) is 4.79 Å². The van der Waals surface area contributed by atoms with Crippen molar-refractivity contribution in [1.29, 1.82) is 0 Å². The Hall–Kier alpha value is -2.05. The molecule has 1 aliphatic rings. The van der Waals surface area contributed by atoms with Crippen molar-refractivity contribution in [2.75, 3.05) is 18.4 Å². The molecule has 162 valence electrons. The van der Waals surface area contributed by atoms with Gasteiger partial charge in [0.15, 0.2) is 0 Å². The Morgan fingerprint density at radius 2 is 2.03 bits per heavy atom. The first-order valence-corrected chi connectivity index (χ1v) is 10.1. The highest BCUT2D eigenvalue weighted by molar-refractivity contribution is 14.1. The molecule has 1 amide bonds. The number of rotatable bonds is 4. The summed E-state index contributed by atoms with van der Waals surface area (Å²) in [7, 11) is 0. The van der Waals surface area contributed by atoms with Gasteiger partial charge in [0.1, 0.15) is 11.5 Å². The molecule has 0 radical (unpaired) electrons. The van der Waals surface area contributed by atoms with Crippen LogP contribution in [0.4, 0.5) is 27.8 Å². The average Bonchev–Trinajstić information content (AvgIpc) is 2.67. The Balaban J connectivity index is 1.77. The van der Waals surface area contributed by atoms with Gasteiger partial charge in [-0.15, -0.1) is 0 Å². The van der Waals surface area contributed by atoms with Gasteiger partial charge >= 0.3 is 6.18 Å². The predicted octanol–water partition coefficient (Wildman–Crippen LogP) is 4.76. The summed E-state index contributed by atoms with van der Waals surface area (Å²) in [6.07, 6.45) is -4.87. The number of nitrogens with zero attached hydrogens (tertiary/aromatic N) is 3. The number of anilines is 1. The van der Waals surface area contributed by atoms with Crippen molar-refractivity contribution >= 4 is 34.3 Å². The number of likely N-dealkylation sites (tertiary alicyclic amines) is 1. The summed E-state index contributed by atoms with van der Waals surface area (Å²) >= 11 is 1.97. The maximum atomic E-state index is 14.0. The number of aryl methyl sites for hydroxylation is 1. The molecule has 5 nitrogen and oxygen atoms in total. The van der Waals surface area contributed by atoms with E-state index < -0.39 is 42.5 Å². The number of halogens is 6. The lowest BCUT2D eigenvalue weighted by molar-refractivity contribution is -0.137. The van der Waals surface area contributed by atoms with Crippen LogP contribution in [-0.4, -0.2) is 45.8 Å².